The molecule has 3 aromatic rings. The van der Waals surface area contributed by atoms with Crippen LogP contribution in [0, 0.1) is 11.3 Å². The van der Waals surface area contributed by atoms with Gasteiger partial charge in [-0.15, -0.1) is 0 Å². The number of benzene rings is 1. The van der Waals surface area contributed by atoms with Crippen LogP contribution in [-0.4, -0.2) is 57.3 Å². The minimum absolute atomic E-state index is 0.0677. The van der Waals surface area contributed by atoms with Crippen LogP contribution >= 0.6 is 7.75 Å². The Labute approximate surface area is 261 Å². The number of nitrogens with one attached hydrogen (secondary N) is 2. The highest BCUT2D eigenvalue weighted by molar-refractivity contribution is 7.52. The molecule has 0 spiro atoms. The van der Waals surface area contributed by atoms with Crippen molar-refractivity contribution in [2.75, 3.05) is 25.6 Å². The van der Waals surface area contributed by atoms with Crippen molar-refractivity contribution in [1.82, 2.24) is 24.6 Å². The maximum Gasteiger partial charge on any atom is 0.459 e. The first-order valence-corrected chi connectivity index (χ1v) is 16.5. The molecule has 1 fully saturated rings. The molecule has 45 heavy (non-hydrogen) atoms. The summed E-state index contributed by atoms with van der Waals surface area (Å²) in [5, 5.41) is 2.72. The quantitative estimate of drug-likeness (QED) is 0.139. The molecule has 4 rings (SSSR count). The monoisotopic (exact) mass is 644 g/mol. The van der Waals surface area contributed by atoms with Gasteiger partial charge in [-0.1, -0.05) is 44.9 Å². The lowest BCUT2D eigenvalue weighted by Crippen LogP contribution is -2.36. The first-order chi connectivity index (χ1) is 21.5. The third-order valence-corrected chi connectivity index (χ3v) is 9.05. The Morgan fingerprint density at radius 1 is 1.18 bits per heavy atom. The Balaban J connectivity index is 1.54. The molecule has 1 aliphatic rings. The highest BCUT2D eigenvalue weighted by Gasteiger charge is 2.52. The fourth-order valence-corrected chi connectivity index (χ4v) is 6.51. The predicted molar refractivity (Wildman–Crippen MR) is 168 cm³/mol. The normalized spacial score (nSPS) is 18.9. The van der Waals surface area contributed by atoms with Crippen LogP contribution < -0.4 is 20.9 Å². The van der Waals surface area contributed by atoms with E-state index >= 15 is 0 Å². The SMILES string of the molecule is CCCC(CCC)COC(=O)C(C)NP(=O)(OC[C@]1(COC(C)=O)C/C1=C/n1cnc2c(=O)[nH]c(N)nc21)Oc1ccccc1. The van der Waals surface area contributed by atoms with Crippen LogP contribution in [0.1, 0.15) is 59.8 Å². The number of ether oxygens (including phenoxy) is 2. The summed E-state index contributed by atoms with van der Waals surface area (Å²) in [4.78, 5) is 47.6. The van der Waals surface area contributed by atoms with Gasteiger partial charge in [-0.3, -0.25) is 28.5 Å². The molecular formula is C30H41N6O8P. The van der Waals surface area contributed by atoms with Crippen LogP contribution in [0.5, 0.6) is 5.75 Å². The van der Waals surface area contributed by atoms with Gasteiger partial charge in [0.25, 0.3) is 5.56 Å². The smallest absolute Gasteiger partial charge is 0.459 e. The molecule has 4 N–H and O–H groups in total. The van der Waals surface area contributed by atoms with E-state index in [4.69, 9.17) is 24.3 Å². The lowest BCUT2D eigenvalue weighted by molar-refractivity contribution is -0.147. The number of nitrogens with two attached hydrogens (primary N) is 1. The van der Waals surface area contributed by atoms with Crippen molar-refractivity contribution >= 4 is 43.0 Å². The number of carbonyl (C=O) groups excluding carboxylic acids is 2. The molecule has 15 heteroatoms. The molecule has 1 aromatic carbocycles. The first-order valence-electron chi connectivity index (χ1n) is 15.0. The summed E-state index contributed by atoms with van der Waals surface area (Å²) in [6, 6.07) is 7.41. The summed E-state index contributed by atoms with van der Waals surface area (Å²) < 4.78 is 38.4. The summed E-state index contributed by atoms with van der Waals surface area (Å²) in [6.45, 7) is 6.99. The van der Waals surface area contributed by atoms with Crippen LogP contribution in [0.15, 0.2) is 47.0 Å². The number of aromatic amines is 1. The van der Waals surface area contributed by atoms with Crippen molar-refractivity contribution < 1.29 is 32.7 Å². The molecular weight excluding hydrogens is 603 g/mol. The fourth-order valence-electron chi connectivity index (χ4n) is 4.94. The van der Waals surface area contributed by atoms with Crippen LogP contribution in [0.4, 0.5) is 5.95 Å². The number of aromatic nitrogens is 4. The average Bonchev–Trinajstić information content (AvgIpc) is 3.53. The third kappa shape index (κ3) is 9.03. The van der Waals surface area contributed by atoms with Crippen molar-refractivity contribution in [3.63, 3.8) is 0 Å². The van der Waals surface area contributed by atoms with Gasteiger partial charge in [0.05, 0.1) is 18.6 Å². The lowest BCUT2D eigenvalue weighted by atomic mass is 9.99. The summed E-state index contributed by atoms with van der Waals surface area (Å²) in [5.74, 6) is -0.639. The zero-order valence-electron chi connectivity index (χ0n) is 26.0. The van der Waals surface area contributed by atoms with Crippen molar-refractivity contribution in [1.29, 1.82) is 0 Å². The first kappa shape index (κ1) is 33.9. The zero-order valence-corrected chi connectivity index (χ0v) is 26.9. The Hall–Kier alpha value is -4.00. The maximum atomic E-state index is 14.2. The zero-order chi connectivity index (χ0) is 32.6. The topological polar surface area (TPSA) is 190 Å². The van der Waals surface area contributed by atoms with Crippen LogP contribution in [0.25, 0.3) is 17.4 Å². The van der Waals surface area contributed by atoms with E-state index < -0.39 is 36.7 Å². The van der Waals surface area contributed by atoms with Crippen molar-refractivity contribution in [2.45, 2.75) is 65.8 Å². The van der Waals surface area contributed by atoms with Gasteiger partial charge in [-0.2, -0.15) is 10.1 Å². The number of nitrogens with zero attached hydrogens (tertiary/aromatic N) is 3. The molecule has 14 nitrogen and oxygen atoms in total. The molecule has 2 aromatic heterocycles. The largest absolute Gasteiger partial charge is 0.465 e. The van der Waals surface area contributed by atoms with E-state index in [0.717, 1.165) is 31.3 Å². The number of fused-ring (bicyclic) bond motifs is 1. The number of nitrogen functional groups attached to an aromatic ring is 1. The maximum absolute atomic E-state index is 14.2. The predicted octanol–water partition coefficient (Wildman–Crippen LogP) is 4.44. The van der Waals surface area contributed by atoms with E-state index in [0.29, 0.717) is 6.42 Å². The molecule has 0 bridgehead atoms. The van der Waals surface area contributed by atoms with Gasteiger partial charge in [-0.05, 0) is 49.8 Å². The summed E-state index contributed by atoms with van der Waals surface area (Å²) in [6.07, 6.45) is 7.35. The van der Waals surface area contributed by atoms with Gasteiger partial charge in [-0.25, -0.2) is 9.55 Å². The number of carbonyl (C=O) groups is 2. The van der Waals surface area contributed by atoms with E-state index in [1.807, 2.05) is 0 Å². The number of anilines is 1. The van der Waals surface area contributed by atoms with Gasteiger partial charge in [0, 0.05) is 13.1 Å². The van der Waals surface area contributed by atoms with E-state index in [2.05, 4.69) is 33.9 Å². The second-order valence-corrected chi connectivity index (χ2v) is 13.0. The van der Waals surface area contributed by atoms with E-state index in [1.165, 1.54) is 24.7 Å². The van der Waals surface area contributed by atoms with E-state index in [-0.39, 0.29) is 48.6 Å². The molecule has 2 heterocycles. The number of para-hydroxylation sites is 1. The Morgan fingerprint density at radius 3 is 2.56 bits per heavy atom. The molecule has 2 unspecified atom stereocenters. The van der Waals surface area contributed by atoms with Crippen LogP contribution in [0.3, 0.4) is 0 Å². The van der Waals surface area contributed by atoms with Gasteiger partial charge < -0.3 is 19.7 Å². The van der Waals surface area contributed by atoms with Gasteiger partial charge in [0.15, 0.2) is 11.2 Å². The second kappa shape index (κ2) is 14.9. The number of hydrogen-bond donors (Lipinski definition) is 3. The Morgan fingerprint density at radius 2 is 1.89 bits per heavy atom. The number of esters is 2. The van der Waals surface area contributed by atoms with Crippen LogP contribution in [-0.2, 0) is 28.2 Å². The molecule has 0 aliphatic heterocycles. The molecule has 0 amide bonds. The molecule has 1 saturated carbocycles. The number of rotatable bonds is 17. The van der Waals surface area contributed by atoms with Gasteiger partial charge >= 0.3 is 19.7 Å². The number of imidazole rings is 1. The summed E-state index contributed by atoms with van der Waals surface area (Å²) >= 11 is 0. The Bertz CT molecular complexity index is 1620. The lowest BCUT2D eigenvalue weighted by Gasteiger charge is -2.25. The number of hydrogen-bond acceptors (Lipinski definition) is 11. The fraction of sp³-hybridized carbons (Fsp3) is 0.500. The highest BCUT2D eigenvalue weighted by Crippen LogP contribution is 2.56. The molecule has 3 atom stereocenters. The third-order valence-electron chi connectivity index (χ3n) is 7.42. The summed E-state index contributed by atoms with van der Waals surface area (Å²) in [7, 11) is -4.19. The molecule has 1 aliphatic carbocycles. The number of H-pyrrole nitrogens is 1. The molecule has 0 saturated heterocycles. The summed E-state index contributed by atoms with van der Waals surface area (Å²) in [5.41, 5.74) is 5.46. The van der Waals surface area contributed by atoms with Crippen LogP contribution in [0.2, 0.25) is 0 Å². The standard InChI is InChI=1S/C30H41N6O8P/c1-5-10-22(11-6-2)16-41-28(39)20(3)35-45(40,44-24-12-8-7-9-13-24)43-18-30(17-42-21(4)37)14-23(30)15-36-19-32-25-26(36)33-29(31)34-27(25)38/h7-9,12-13,15,19-20,22H,5-6,10-11,14,16-18H2,1-4H3,(H,35,40)(H3,31,33,34,38)/b23-15-/t20?,30-,45?/m1/s1. The van der Waals surface area contributed by atoms with Crippen molar-refractivity contribution in [3.05, 3.63) is 52.6 Å². The highest BCUT2D eigenvalue weighted by atomic mass is 31.2. The molecule has 244 valence electrons. The van der Waals surface area contributed by atoms with Crippen molar-refractivity contribution in [3.8, 4) is 5.75 Å². The van der Waals surface area contributed by atoms with Gasteiger partial charge in [0.2, 0.25) is 5.95 Å². The van der Waals surface area contributed by atoms with Crippen molar-refractivity contribution in [2.24, 2.45) is 11.3 Å². The second-order valence-electron chi connectivity index (χ2n) is 11.3. The minimum atomic E-state index is -4.19. The van der Waals surface area contributed by atoms with Gasteiger partial charge in [0.1, 0.15) is 24.7 Å². The van der Waals surface area contributed by atoms with E-state index in [9.17, 15) is 18.9 Å². The molecule has 0 radical (unpaired) electrons. The van der Waals surface area contributed by atoms with E-state index in [1.54, 1.807) is 36.5 Å². The Kier molecular flexibility index (Phi) is 11.2. The minimum Gasteiger partial charge on any atom is -0.465 e. The average molecular weight is 645 g/mol.